The monoisotopic (exact) mass is 267 g/mol. The van der Waals surface area contributed by atoms with Crippen LogP contribution in [-0.2, 0) is 6.54 Å². The maximum atomic E-state index is 5.79. The molecule has 0 aliphatic carbocycles. The van der Waals surface area contributed by atoms with Crippen molar-refractivity contribution in [3.05, 3.63) is 29.0 Å². The van der Waals surface area contributed by atoms with Crippen LogP contribution >= 0.6 is 11.6 Å². The van der Waals surface area contributed by atoms with Crippen molar-refractivity contribution in [1.82, 2.24) is 14.8 Å². The number of rotatable bonds is 2. The lowest BCUT2D eigenvalue weighted by Gasteiger charge is -2.42. The van der Waals surface area contributed by atoms with Gasteiger partial charge < -0.3 is 0 Å². The molecule has 100 valence electrons. The summed E-state index contributed by atoms with van der Waals surface area (Å²) in [4.78, 5) is 9.15. The number of hydrogen-bond donors (Lipinski definition) is 0. The molecule has 0 unspecified atom stereocenters. The highest BCUT2D eigenvalue weighted by Crippen LogP contribution is 2.17. The summed E-state index contributed by atoms with van der Waals surface area (Å²) in [5.41, 5.74) is 1.53. The Morgan fingerprint density at radius 3 is 2.33 bits per heavy atom. The molecule has 1 aliphatic heterocycles. The first-order valence-electron chi connectivity index (χ1n) is 6.53. The SMILES string of the molecule is CC(C)(C)N1CCN(Cc2ccc(Cl)nc2)CC1. The van der Waals surface area contributed by atoms with E-state index < -0.39 is 0 Å². The largest absolute Gasteiger partial charge is 0.296 e. The molecule has 0 N–H and O–H groups in total. The fourth-order valence-electron chi connectivity index (χ4n) is 2.33. The van der Waals surface area contributed by atoms with E-state index >= 15 is 0 Å². The fraction of sp³-hybridized carbons (Fsp3) is 0.643. The zero-order valence-corrected chi connectivity index (χ0v) is 12.2. The standard InChI is InChI=1S/C14H22ClN3/c1-14(2,3)18-8-6-17(7-9-18)11-12-4-5-13(15)16-10-12/h4-5,10H,6-9,11H2,1-3H3. The van der Waals surface area contributed by atoms with Gasteiger partial charge in [0.05, 0.1) is 0 Å². The smallest absolute Gasteiger partial charge is 0.129 e. The van der Waals surface area contributed by atoms with E-state index in [1.165, 1.54) is 5.56 Å². The molecular weight excluding hydrogens is 246 g/mol. The van der Waals surface area contributed by atoms with Crippen molar-refractivity contribution in [2.24, 2.45) is 0 Å². The molecule has 0 amide bonds. The van der Waals surface area contributed by atoms with Gasteiger partial charge in [0.2, 0.25) is 0 Å². The van der Waals surface area contributed by atoms with Gasteiger partial charge in [-0.05, 0) is 32.4 Å². The van der Waals surface area contributed by atoms with E-state index in [2.05, 4.69) is 41.6 Å². The van der Waals surface area contributed by atoms with Crippen molar-refractivity contribution in [2.45, 2.75) is 32.9 Å². The Kier molecular flexibility index (Phi) is 4.25. The summed E-state index contributed by atoms with van der Waals surface area (Å²) in [6.07, 6.45) is 1.87. The highest BCUT2D eigenvalue weighted by molar-refractivity contribution is 6.29. The maximum absolute atomic E-state index is 5.79. The van der Waals surface area contributed by atoms with Crippen LogP contribution < -0.4 is 0 Å². The van der Waals surface area contributed by atoms with Crippen LogP contribution in [0.3, 0.4) is 0 Å². The minimum atomic E-state index is 0.286. The summed E-state index contributed by atoms with van der Waals surface area (Å²) in [5, 5.41) is 0.566. The molecule has 4 heteroatoms. The van der Waals surface area contributed by atoms with E-state index in [-0.39, 0.29) is 5.54 Å². The average Bonchev–Trinajstić information content (AvgIpc) is 2.32. The van der Waals surface area contributed by atoms with E-state index in [4.69, 9.17) is 11.6 Å². The van der Waals surface area contributed by atoms with Crippen LogP contribution in [0, 0.1) is 0 Å². The van der Waals surface area contributed by atoms with Gasteiger partial charge in [-0.2, -0.15) is 0 Å². The normalized spacial score (nSPS) is 19.1. The van der Waals surface area contributed by atoms with E-state index in [0.717, 1.165) is 32.7 Å². The van der Waals surface area contributed by atoms with E-state index in [0.29, 0.717) is 5.15 Å². The third-order valence-corrected chi connectivity index (χ3v) is 3.74. The zero-order valence-electron chi connectivity index (χ0n) is 11.5. The molecule has 18 heavy (non-hydrogen) atoms. The summed E-state index contributed by atoms with van der Waals surface area (Å²) in [7, 11) is 0. The molecule has 1 saturated heterocycles. The molecule has 1 aromatic rings. The molecule has 0 bridgehead atoms. The molecule has 0 spiro atoms. The minimum Gasteiger partial charge on any atom is -0.296 e. The third kappa shape index (κ3) is 3.67. The Morgan fingerprint density at radius 2 is 1.83 bits per heavy atom. The van der Waals surface area contributed by atoms with E-state index in [1.54, 1.807) is 0 Å². The summed E-state index contributed by atoms with van der Waals surface area (Å²) in [6, 6.07) is 3.92. The van der Waals surface area contributed by atoms with Gasteiger partial charge in [-0.1, -0.05) is 17.7 Å². The number of aromatic nitrogens is 1. The lowest BCUT2D eigenvalue weighted by Crippen LogP contribution is -2.53. The van der Waals surface area contributed by atoms with Crippen molar-refractivity contribution < 1.29 is 0 Å². The Hall–Kier alpha value is -0.640. The molecule has 1 aliphatic rings. The number of piperazine rings is 1. The van der Waals surface area contributed by atoms with E-state index in [9.17, 15) is 0 Å². The van der Waals surface area contributed by atoms with Crippen molar-refractivity contribution >= 4 is 11.6 Å². The molecule has 2 heterocycles. The predicted octanol–water partition coefficient (Wildman–Crippen LogP) is 2.65. The Morgan fingerprint density at radius 1 is 1.17 bits per heavy atom. The minimum absolute atomic E-state index is 0.286. The van der Waals surface area contributed by atoms with E-state index in [1.807, 2.05) is 12.3 Å². The topological polar surface area (TPSA) is 19.4 Å². The molecule has 3 nitrogen and oxygen atoms in total. The van der Waals surface area contributed by atoms with Crippen LogP contribution in [0.2, 0.25) is 5.15 Å². The molecular formula is C14H22ClN3. The molecule has 0 saturated carbocycles. The zero-order chi connectivity index (χ0) is 13.2. The predicted molar refractivity (Wildman–Crippen MR) is 75.9 cm³/mol. The highest BCUT2D eigenvalue weighted by Gasteiger charge is 2.25. The van der Waals surface area contributed by atoms with Crippen LogP contribution in [0.15, 0.2) is 18.3 Å². The number of hydrogen-bond acceptors (Lipinski definition) is 3. The summed E-state index contributed by atoms with van der Waals surface area (Å²) in [6.45, 7) is 12.4. The Balaban J connectivity index is 1.85. The van der Waals surface area contributed by atoms with Gasteiger partial charge >= 0.3 is 0 Å². The van der Waals surface area contributed by atoms with Gasteiger partial charge in [-0.3, -0.25) is 9.80 Å². The van der Waals surface area contributed by atoms with Gasteiger partial charge in [-0.25, -0.2) is 4.98 Å². The van der Waals surface area contributed by atoms with Gasteiger partial charge in [-0.15, -0.1) is 0 Å². The molecule has 2 rings (SSSR count). The second-order valence-corrected chi connectivity index (χ2v) is 6.31. The van der Waals surface area contributed by atoms with Crippen molar-refractivity contribution in [2.75, 3.05) is 26.2 Å². The van der Waals surface area contributed by atoms with Gasteiger partial charge in [0.25, 0.3) is 0 Å². The fourth-order valence-corrected chi connectivity index (χ4v) is 2.45. The quantitative estimate of drug-likeness (QED) is 0.768. The number of pyridine rings is 1. The average molecular weight is 268 g/mol. The van der Waals surface area contributed by atoms with Crippen LogP contribution in [0.5, 0.6) is 0 Å². The molecule has 0 radical (unpaired) electrons. The van der Waals surface area contributed by atoms with Gasteiger partial charge in [0, 0.05) is 44.5 Å². The van der Waals surface area contributed by atoms with Gasteiger partial charge in [0.15, 0.2) is 0 Å². The maximum Gasteiger partial charge on any atom is 0.129 e. The summed E-state index contributed by atoms with van der Waals surface area (Å²) < 4.78 is 0. The number of halogens is 1. The molecule has 1 aromatic heterocycles. The van der Waals surface area contributed by atoms with Crippen LogP contribution in [-0.4, -0.2) is 46.5 Å². The Bertz CT molecular complexity index is 375. The molecule has 1 fully saturated rings. The summed E-state index contributed by atoms with van der Waals surface area (Å²) >= 11 is 5.79. The lowest BCUT2D eigenvalue weighted by atomic mass is 10.0. The van der Waals surface area contributed by atoms with Crippen LogP contribution in [0.25, 0.3) is 0 Å². The number of nitrogens with zero attached hydrogens (tertiary/aromatic N) is 3. The molecule has 0 aromatic carbocycles. The lowest BCUT2D eigenvalue weighted by molar-refractivity contribution is 0.0590. The Labute approximate surface area is 115 Å². The second-order valence-electron chi connectivity index (χ2n) is 5.92. The first-order chi connectivity index (χ1) is 8.45. The first kappa shape index (κ1) is 13.8. The van der Waals surface area contributed by atoms with Crippen molar-refractivity contribution in [1.29, 1.82) is 0 Å². The first-order valence-corrected chi connectivity index (χ1v) is 6.91. The van der Waals surface area contributed by atoms with Crippen molar-refractivity contribution in [3.8, 4) is 0 Å². The second kappa shape index (κ2) is 5.55. The van der Waals surface area contributed by atoms with Crippen molar-refractivity contribution in [3.63, 3.8) is 0 Å². The third-order valence-electron chi connectivity index (χ3n) is 3.52. The highest BCUT2D eigenvalue weighted by atomic mass is 35.5. The van der Waals surface area contributed by atoms with Crippen LogP contribution in [0.1, 0.15) is 26.3 Å². The van der Waals surface area contributed by atoms with Crippen LogP contribution in [0.4, 0.5) is 0 Å². The molecule has 0 atom stereocenters. The summed E-state index contributed by atoms with van der Waals surface area (Å²) in [5.74, 6) is 0. The van der Waals surface area contributed by atoms with Gasteiger partial charge in [0.1, 0.15) is 5.15 Å².